The molecule has 7 heteroatoms. The molecule has 2 atom stereocenters. The number of alkyl carbamates (subject to hydrolysis) is 1. The predicted octanol–water partition coefficient (Wildman–Crippen LogP) is 4.72. The Morgan fingerprint density at radius 2 is 1.71 bits per heavy atom. The van der Waals surface area contributed by atoms with Crippen molar-refractivity contribution in [1.29, 1.82) is 0 Å². The molecule has 0 bridgehead atoms. The number of carbonyl (C=O) groups excluding carboxylic acids is 3. The van der Waals surface area contributed by atoms with E-state index in [1.807, 2.05) is 32.0 Å². The number of nitrogens with one attached hydrogen (secondary N) is 2. The van der Waals surface area contributed by atoms with Gasteiger partial charge in [0.25, 0.3) is 0 Å². The Kier molecular flexibility index (Phi) is 9.71. The zero-order valence-electron chi connectivity index (χ0n) is 21.6. The fraction of sp³-hybridized carbons (Fsp3) is 0.593. The second-order valence-corrected chi connectivity index (χ2v) is 10.3. The molecule has 34 heavy (non-hydrogen) atoms. The number of hydrogen-bond donors (Lipinski definition) is 2. The average Bonchev–Trinajstić information content (AvgIpc) is 2.71. The highest BCUT2D eigenvalue weighted by Gasteiger charge is 2.35. The summed E-state index contributed by atoms with van der Waals surface area (Å²) in [5, 5.41) is 5.79. The molecule has 3 amide bonds. The molecule has 1 saturated carbocycles. The van der Waals surface area contributed by atoms with E-state index in [-0.39, 0.29) is 24.4 Å². The Morgan fingerprint density at radius 3 is 2.24 bits per heavy atom. The average molecular weight is 472 g/mol. The van der Waals surface area contributed by atoms with Crippen molar-refractivity contribution in [1.82, 2.24) is 15.5 Å². The van der Waals surface area contributed by atoms with Crippen LogP contribution in [0, 0.1) is 13.8 Å². The number of nitrogens with zero attached hydrogens (tertiary/aromatic N) is 1. The molecule has 0 radical (unpaired) electrons. The maximum absolute atomic E-state index is 13.6. The molecule has 2 N–H and O–H groups in total. The zero-order valence-corrected chi connectivity index (χ0v) is 21.6. The predicted molar refractivity (Wildman–Crippen MR) is 134 cm³/mol. The van der Waals surface area contributed by atoms with Gasteiger partial charge in [-0.3, -0.25) is 9.59 Å². The maximum Gasteiger partial charge on any atom is 0.408 e. The number of hydrogen-bond acceptors (Lipinski definition) is 4. The van der Waals surface area contributed by atoms with E-state index in [2.05, 4.69) is 17.2 Å². The highest BCUT2D eigenvalue weighted by Crippen LogP contribution is 2.26. The minimum atomic E-state index is -0.884. The van der Waals surface area contributed by atoms with Gasteiger partial charge >= 0.3 is 6.09 Å². The highest BCUT2D eigenvalue weighted by atomic mass is 16.6. The third-order valence-corrected chi connectivity index (χ3v) is 5.78. The molecule has 7 nitrogen and oxygen atoms in total. The molecule has 1 aromatic carbocycles. The van der Waals surface area contributed by atoms with Crippen molar-refractivity contribution in [3.63, 3.8) is 0 Å². The lowest BCUT2D eigenvalue weighted by molar-refractivity contribution is -0.141. The number of amides is 3. The van der Waals surface area contributed by atoms with Crippen LogP contribution in [0.15, 0.2) is 30.9 Å². The van der Waals surface area contributed by atoms with Crippen LogP contribution >= 0.6 is 0 Å². The van der Waals surface area contributed by atoms with Crippen LogP contribution in [-0.4, -0.2) is 47.0 Å². The molecule has 0 aliphatic heterocycles. The SMILES string of the molecule is C=CCN(C(=O)C(C)NC(=O)OC(C)(C)C)C(C(=O)NC1CCCCC1)c1cc(C)cc(C)c1. The van der Waals surface area contributed by atoms with Crippen molar-refractivity contribution in [2.75, 3.05) is 6.54 Å². The first-order chi connectivity index (χ1) is 15.9. The number of benzene rings is 1. The summed E-state index contributed by atoms with van der Waals surface area (Å²) < 4.78 is 5.30. The summed E-state index contributed by atoms with van der Waals surface area (Å²) >= 11 is 0. The minimum Gasteiger partial charge on any atom is -0.444 e. The van der Waals surface area contributed by atoms with Crippen molar-refractivity contribution in [2.45, 2.75) is 97.4 Å². The van der Waals surface area contributed by atoms with E-state index < -0.39 is 23.8 Å². The summed E-state index contributed by atoms with van der Waals surface area (Å²) in [6.45, 7) is 14.8. The summed E-state index contributed by atoms with van der Waals surface area (Å²) in [6, 6.07) is 4.29. The van der Waals surface area contributed by atoms with Gasteiger partial charge in [-0.05, 0) is 59.9 Å². The topological polar surface area (TPSA) is 87.7 Å². The minimum absolute atomic E-state index is 0.104. The Balaban J connectivity index is 2.36. The number of ether oxygens (including phenoxy) is 1. The van der Waals surface area contributed by atoms with Gasteiger partial charge < -0.3 is 20.3 Å². The van der Waals surface area contributed by atoms with Crippen molar-refractivity contribution in [3.8, 4) is 0 Å². The quantitative estimate of drug-likeness (QED) is 0.537. The molecule has 0 heterocycles. The first-order valence-corrected chi connectivity index (χ1v) is 12.2. The Morgan fingerprint density at radius 1 is 1.12 bits per heavy atom. The monoisotopic (exact) mass is 471 g/mol. The van der Waals surface area contributed by atoms with Gasteiger partial charge in [0, 0.05) is 12.6 Å². The van der Waals surface area contributed by atoms with E-state index >= 15 is 0 Å². The van der Waals surface area contributed by atoms with Crippen molar-refractivity contribution < 1.29 is 19.1 Å². The lowest BCUT2D eigenvalue weighted by atomic mass is 9.94. The van der Waals surface area contributed by atoms with Crippen LogP contribution in [0.2, 0.25) is 0 Å². The molecule has 0 aromatic heterocycles. The maximum atomic E-state index is 13.6. The van der Waals surface area contributed by atoms with Crippen LogP contribution < -0.4 is 10.6 Å². The number of aryl methyl sites for hydroxylation is 2. The molecule has 0 spiro atoms. The molecule has 188 valence electrons. The first kappa shape index (κ1) is 27.4. The first-order valence-electron chi connectivity index (χ1n) is 12.2. The van der Waals surface area contributed by atoms with Gasteiger partial charge in [0.1, 0.15) is 17.7 Å². The summed E-state index contributed by atoms with van der Waals surface area (Å²) in [6.07, 6.45) is 6.16. The van der Waals surface area contributed by atoms with E-state index in [9.17, 15) is 14.4 Å². The molecule has 1 aliphatic carbocycles. The molecule has 1 fully saturated rings. The summed E-state index contributed by atoms with van der Waals surface area (Å²) in [5.41, 5.74) is 2.08. The van der Waals surface area contributed by atoms with Crippen LogP contribution in [0.5, 0.6) is 0 Å². The smallest absolute Gasteiger partial charge is 0.408 e. The summed E-state index contributed by atoms with van der Waals surface area (Å²) in [7, 11) is 0. The number of carbonyl (C=O) groups is 3. The van der Waals surface area contributed by atoms with Gasteiger partial charge in [0.05, 0.1) is 0 Å². The molecule has 1 aromatic rings. The van der Waals surface area contributed by atoms with Crippen molar-refractivity contribution in [2.24, 2.45) is 0 Å². The van der Waals surface area contributed by atoms with Crippen LogP contribution in [0.3, 0.4) is 0 Å². The standard InChI is InChI=1S/C27H41N3O4/c1-8-14-30(25(32)20(4)28-26(33)34-27(5,6)7)23(21-16-18(2)15-19(3)17-21)24(31)29-22-12-10-9-11-13-22/h8,15-17,20,22-23H,1,9-14H2,2-7H3,(H,28,33)(H,29,31). The third-order valence-electron chi connectivity index (χ3n) is 5.78. The van der Waals surface area contributed by atoms with E-state index in [1.165, 1.54) is 11.3 Å². The van der Waals surface area contributed by atoms with Crippen molar-refractivity contribution in [3.05, 3.63) is 47.5 Å². The zero-order chi connectivity index (χ0) is 25.5. The van der Waals surface area contributed by atoms with Gasteiger partial charge in [-0.2, -0.15) is 0 Å². The van der Waals surface area contributed by atoms with Gasteiger partial charge in [0.15, 0.2) is 0 Å². The summed E-state index contributed by atoms with van der Waals surface area (Å²) in [5.74, 6) is -0.592. The van der Waals surface area contributed by atoms with Crippen LogP contribution in [-0.2, 0) is 14.3 Å². The third kappa shape index (κ3) is 8.19. The number of rotatable bonds is 8. The molecular weight excluding hydrogens is 430 g/mol. The summed E-state index contributed by atoms with van der Waals surface area (Å²) in [4.78, 5) is 40.9. The Hall–Kier alpha value is -2.83. The molecule has 2 unspecified atom stereocenters. The lowest BCUT2D eigenvalue weighted by Gasteiger charge is -2.34. The molecule has 1 aliphatic rings. The normalized spacial score (nSPS) is 16.2. The second kappa shape index (κ2) is 12.0. The van der Waals surface area contributed by atoms with E-state index in [1.54, 1.807) is 33.8 Å². The van der Waals surface area contributed by atoms with E-state index in [0.717, 1.165) is 42.4 Å². The van der Waals surface area contributed by atoms with Gasteiger partial charge in [-0.1, -0.05) is 54.7 Å². The van der Waals surface area contributed by atoms with Crippen LogP contribution in [0.4, 0.5) is 4.79 Å². The Bertz CT molecular complexity index is 864. The van der Waals surface area contributed by atoms with Crippen LogP contribution in [0.1, 0.15) is 82.5 Å². The fourth-order valence-corrected chi connectivity index (χ4v) is 4.42. The fourth-order valence-electron chi connectivity index (χ4n) is 4.42. The lowest BCUT2D eigenvalue weighted by Crippen LogP contribution is -2.53. The second-order valence-electron chi connectivity index (χ2n) is 10.3. The molecular formula is C27H41N3O4. The van der Waals surface area contributed by atoms with Gasteiger partial charge in [-0.25, -0.2) is 4.79 Å². The van der Waals surface area contributed by atoms with Crippen LogP contribution in [0.25, 0.3) is 0 Å². The van der Waals surface area contributed by atoms with E-state index in [0.29, 0.717) is 0 Å². The van der Waals surface area contributed by atoms with Gasteiger partial charge in [-0.15, -0.1) is 6.58 Å². The Labute approximate surface area is 204 Å². The van der Waals surface area contributed by atoms with E-state index in [4.69, 9.17) is 4.74 Å². The highest BCUT2D eigenvalue weighted by molar-refractivity contribution is 5.92. The molecule has 2 rings (SSSR count). The largest absolute Gasteiger partial charge is 0.444 e. The molecule has 0 saturated heterocycles. The van der Waals surface area contributed by atoms with Gasteiger partial charge in [0.2, 0.25) is 11.8 Å². The van der Waals surface area contributed by atoms with Crippen molar-refractivity contribution >= 4 is 17.9 Å².